The van der Waals surface area contributed by atoms with E-state index in [1.54, 1.807) is 29.2 Å². The number of benzene rings is 2. The van der Waals surface area contributed by atoms with E-state index in [4.69, 9.17) is 4.74 Å². The van der Waals surface area contributed by atoms with E-state index >= 15 is 0 Å². The van der Waals surface area contributed by atoms with Crippen LogP contribution in [0.2, 0.25) is 0 Å². The number of nitrogens with one attached hydrogen (secondary N) is 1. The molecule has 1 heterocycles. The van der Waals surface area contributed by atoms with Gasteiger partial charge in [-0.25, -0.2) is 0 Å². The van der Waals surface area contributed by atoms with Crippen LogP contribution in [0.25, 0.3) is 0 Å². The van der Waals surface area contributed by atoms with E-state index in [-0.39, 0.29) is 11.3 Å². The standard InChI is InChI=1S/C20H21F3N2O2/c1-27-16-7-5-6-15(13-16)24-19(26)14-8-9-18(17(12-14)20(21,22)23)25-10-3-2-4-11-25/h5-9,12-13H,2-4,10-11H2,1H3,(H,24,26). The largest absolute Gasteiger partial charge is 0.497 e. The monoisotopic (exact) mass is 378 g/mol. The second-order valence-corrected chi connectivity index (χ2v) is 6.46. The molecule has 1 aliphatic rings. The maximum atomic E-state index is 13.6. The van der Waals surface area contributed by atoms with Crippen LogP contribution in [0.3, 0.4) is 0 Å². The van der Waals surface area contributed by atoms with Crippen LogP contribution < -0.4 is 15.0 Å². The first-order valence-electron chi connectivity index (χ1n) is 8.80. The number of hydrogen-bond donors (Lipinski definition) is 1. The number of amides is 1. The molecule has 1 amide bonds. The summed E-state index contributed by atoms with van der Waals surface area (Å²) >= 11 is 0. The Morgan fingerprint density at radius 1 is 1.07 bits per heavy atom. The number of hydrogen-bond acceptors (Lipinski definition) is 3. The molecule has 2 aromatic rings. The summed E-state index contributed by atoms with van der Waals surface area (Å²) in [5, 5.41) is 2.61. The number of ether oxygens (including phenoxy) is 1. The van der Waals surface area contributed by atoms with Crippen LogP contribution in [0.5, 0.6) is 5.75 Å². The SMILES string of the molecule is COc1cccc(NC(=O)c2ccc(N3CCCCC3)c(C(F)(F)F)c2)c1. The van der Waals surface area contributed by atoms with Crippen LogP contribution in [0.4, 0.5) is 24.5 Å². The molecule has 144 valence electrons. The van der Waals surface area contributed by atoms with E-state index in [2.05, 4.69) is 5.32 Å². The Morgan fingerprint density at radius 2 is 1.81 bits per heavy atom. The molecule has 27 heavy (non-hydrogen) atoms. The number of rotatable bonds is 4. The fourth-order valence-corrected chi connectivity index (χ4v) is 3.22. The lowest BCUT2D eigenvalue weighted by atomic mass is 10.0. The number of halogens is 3. The second-order valence-electron chi connectivity index (χ2n) is 6.46. The molecule has 7 heteroatoms. The summed E-state index contributed by atoms with van der Waals surface area (Å²) in [5.41, 5.74) is -0.221. The van der Waals surface area contributed by atoms with Gasteiger partial charge in [0.05, 0.1) is 12.7 Å². The van der Waals surface area contributed by atoms with Gasteiger partial charge < -0.3 is 15.0 Å². The van der Waals surface area contributed by atoms with Crippen molar-refractivity contribution in [1.82, 2.24) is 0 Å². The summed E-state index contributed by atoms with van der Waals surface area (Å²) in [6.45, 7) is 1.19. The highest BCUT2D eigenvalue weighted by atomic mass is 19.4. The predicted octanol–water partition coefficient (Wildman–Crippen LogP) is 4.96. The highest BCUT2D eigenvalue weighted by Crippen LogP contribution is 2.38. The first-order chi connectivity index (χ1) is 12.9. The Morgan fingerprint density at radius 3 is 2.48 bits per heavy atom. The van der Waals surface area contributed by atoms with Gasteiger partial charge in [-0.1, -0.05) is 6.07 Å². The van der Waals surface area contributed by atoms with Gasteiger partial charge in [0.1, 0.15) is 5.75 Å². The summed E-state index contributed by atoms with van der Waals surface area (Å²) < 4.78 is 45.9. The molecule has 0 atom stereocenters. The number of carbonyl (C=O) groups excluding carboxylic acids is 1. The second kappa shape index (κ2) is 7.90. The van der Waals surface area contributed by atoms with E-state index in [9.17, 15) is 18.0 Å². The van der Waals surface area contributed by atoms with Crippen molar-refractivity contribution < 1.29 is 22.7 Å². The minimum absolute atomic E-state index is 0.0362. The van der Waals surface area contributed by atoms with E-state index in [0.717, 1.165) is 25.3 Å². The van der Waals surface area contributed by atoms with Crippen molar-refractivity contribution in [1.29, 1.82) is 0 Å². The highest BCUT2D eigenvalue weighted by molar-refractivity contribution is 6.04. The zero-order valence-corrected chi connectivity index (χ0v) is 15.0. The molecule has 1 aliphatic heterocycles. The van der Waals surface area contributed by atoms with Crippen molar-refractivity contribution in [3.63, 3.8) is 0 Å². The molecule has 0 unspecified atom stereocenters. The van der Waals surface area contributed by atoms with Crippen LogP contribution in [0.15, 0.2) is 42.5 Å². The normalized spacial score (nSPS) is 14.7. The predicted molar refractivity (Wildman–Crippen MR) is 98.5 cm³/mol. The fourth-order valence-electron chi connectivity index (χ4n) is 3.22. The molecule has 0 radical (unpaired) electrons. The Bertz CT molecular complexity index is 815. The van der Waals surface area contributed by atoms with Crippen LogP contribution in [0, 0.1) is 0 Å². The van der Waals surface area contributed by atoms with Gasteiger partial charge >= 0.3 is 6.18 Å². The molecule has 1 N–H and O–H groups in total. The van der Waals surface area contributed by atoms with Gasteiger partial charge in [-0.15, -0.1) is 0 Å². The molecule has 4 nitrogen and oxygen atoms in total. The molecular formula is C20H21F3N2O2. The highest BCUT2D eigenvalue weighted by Gasteiger charge is 2.36. The summed E-state index contributed by atoms with van der Waals surface area (Å²) in [6, 6.07) is 10.4. The average molecular weight is 378 g/mol. The van der Waals surface area contributed by atoms with Crippen LogP contribution >= 0.6 is 0 Å². The van der Waals surface area contributed by atoms with E-state index < -0.39 is 17.6 Å². The van der Waals surface area contributed by atoms with Crippen molar-refractivity contribution in [3.05, 3.63) is 53.6 Å². The molecule has 0 bridgehead atoms. The molecule has 1 saturated heterocycles. The summed E-state index contributed by atoms with van der Waals surface area (Å²) in [4.78, 5) is 14.2. The molecule has 0 spiro atoms. The van der Waals surface area contributed by atoms with Gasteiger partial charge in [0.15, 0.2) is 0 Å². The van der Waals surface area contributed by atoms with Gasteiger partial charge in [0.25, 0.3) is 5.91 Å². The number of carbonyl (C=O) groups is 1. The van der Waals surface area contributed by atoms with Gasteiger partial charge in [-0.3, -0.25) is 4.79 Å². The van der Waals surface area contributed by atoms with Crippen molar-refractivity contribution in [2.75, 3.05) is 30.4 Å². The number of alkyl halides is 3. The van der Waals surface area contributed by atoms with Gasteiger partial charge in [0.2, 0.25) is 0 Å². The Hall–Kier alpha value is -2.70. The molecular weight excluding hydrogens is 357 g/mol. The lowest BCUT2D eigenvalue weighted by molar-refractivity contribution is -0.137. The molecule has 2 aromatic carbocycles. The number of methoxy groups -OCH3 is 1. The lowest BCUT2D eigenvalue weighted by Gasteiger charge is -2.31. The molecule has 0 aromatic heterocycles. The Balaban J connectivity index is 1.88. The quantitative estimate of drug-likeness (QED) is 0.818. The smallest absolute Gasteiger partial charge is 0.418 e. The molecule has 1 fully saturated rings. The van der Waals surface area contributed by atoms with Gasteiger partial charge in [-0.2, -0.15) is 13.2 Å². The number of nitrogens with zero attached hydrogens (tertiary/aromatic N) is 1. The van der Waals surface area contributed by atoms with E-state index in [1.165, 1.54) is 19.2 Å². The van der Waals surface area contributed by atoms with Crippen LogP contribution in [-0.4, -0.2) is 26.1 Å². The number of anilines is 2. The maximum Gasteiger partial charge on any atom is 0.418 e. The van der Waals surface area contributed by atoms with Gasteiger partial charge in [-0.05, 0) is 49.6 Å². The average Bonchev–Trinajstić information content (AvgIpc) is 2.67. The van der Waals surface area contributed by atoms with E-state index in [0.29, 0.717) is 24.5 Å². The third-order valence-corrected chi connectivity index (χ3v) is 4.59. The summed E-state index contributed by atoms with van der Waals surface area (Å²) in [7, 11) is 1.50. The number of piperidine rings is 1. The first-order valence-corrected chi connectivity index (χ1v) is 8.80. The van der Waals surface area contributed by atoms with Crippen molar-refractivity contribution in [2.45, 2.75) is 25.4 Å². The molecule has 3 rings (SSSR count). The van der Waals surface area contributed by atoms with E-state index in [1.807, 2.05) is 0 Å². The molecule has 0 saturated carbocycles. The topological polar surface area (TPSA) is 41.6 Å². The molecule has 0 aliphatic carbocycles. The third-order valence-electron chi connectivity index (χ3n) is 4.59. The minimum atomic E-state index is -4.53. The summed E-state index contributed by atoms with van der Waals surface area (Å²) in [5.74, 6) is -0.0526. The van der Waals surface area contributed by atoms with Crippen molar-refractivity contribution >= 4 is 17.3 Å². The van der Waals surface area contributed by atoms with Crippen LogP contribution in [0.1, 0.15) is 35.2 Å². The fraction of sp³-hybridized carbons (Fsp3) is 0.350. The van der Waals surface area contributed by atoms with Crippen LogP contribution in [-0.2, 0) is 6.18 Å². The lowest BCUT2D eigenvalue weighted by Crippen LogP contribution is -2.31. The Kier molecular flexibility index (Phi) is 5.58. The minimum Gasteiger partial charge on any atom is -0.497 e. The summed E-state index contributed by atoms with van der Waals surface area (Å²) in [6.07, 6.45) is -1.76. The zero-order chi connectivity index (χ0) is 19.4. The Labute approximate surface area is 155 Å². The van der Waals surface area contributed by atoms with Gasteiger partial charge in [0, 0.05) is 36.1 Å². The first kappa shape index (κ1) is 19.1. The maximum absolute atomic E-state index is 13.6. The van der Waals surface area contributed by atoms with Crippen molar-refractivity contribution in [2.24, 2.45) is 0 Å². The third kappa shape index (κ3) is 4.53. The van der Waals surface area contributed by atoms with Crippen molar-refractivity contribution in [3.8, 4) is 5.75 Å². The zero-order valence-electron chi connectivity index (χ0n) is 15.0.